The number of nitrogens with zero attached hydrogens (tertiary/aromatic N) is 4. The van der Waals surface area contributed by atoms with Gasteiger partial charge in [-0.3, -0.25) is 13.9 Å². The minimum atomic E-state index is -0.386. The summed E-state index contributed by atoms with van der Waals surface area (Å²) in [5.74, 6) is 0. The van der Waals surface area contributed by atoms with E-state index in [2.05, 4.69) is 4.98 Å². The van der Waals surface area contributed by atoms with Crippen LogP contribution in [-0.4, -0.2) is 18.7 Å². The summed E-state index contributed by atoms with van der Waals surface area (Å²) in [6, 6.07) is 19.8. The Morgan fingerprint density at radius 3 is 1.90 bits per heavy atom. The highest BCUT2D eigenvalue weighted by atomic mass is 35.5. The molecule has 0 aliphatic heterocycles. The van der Waals surface area contributed by atoms with Crippen molar-refractivity contribution in [3.8, 4) is 0 Å². The van der Waals surface area contributed by atoms with Gasteiger partial charge < -0.3 is 4.57 Å². The summed E-state index contributed by atoms with van der Waals surface area (Å²) in [7, 11) is 1.62. The van der Waals surface area contributed by atoms with E-state index in [1.807, 2.05) is 60.7 Å². The van der Waals surface area contributed by atoms with E-state index >= 15 is 0 Å². The number of halogens is 1. The summed E-state index contributed by atoms with van der Waals surface area (Å²) in [5.41, 5.74) is 2.14. The number of aryl methyl sites for hydroxylation is 4. The van der Waals surface area contributed by atoms with Crippen LogP contribution in [0, 0.1) is 0 Å². The lowest BCUT2D eigenvalue weighted by atomic mass is 10.1. The SMILES string of the molecule is Cn1c(=O)n(CCc2ccccc2)c(=O)c2c1nc(Cl)n2CCc1ccccc1. The zero-order valence-corrected chi connectivity index (χ0v) is 16.8. The summed E-state index contributed by atoms with van der Waals surface area (Å²) >= 11 is 6.34. The summed E-state index contributed by atoms with van der Waals surface area (Å²) in [4.78, 5) is 30.2. The van der Waals surface area contributed by atoms with Gasteiger partial charge in [0, 0.05) is 20.1 Å². The highest BCUT2D eigenvalue weighted by Gasteiger charge is 2.19. The molecule has 6 nitrogen and oxygen atoms in total. The third-order valence-electron chi connectivity index (χ3n) is 5.12. The zero-order chi connectivity index (χ0) is 20.4. The number of rotatable bonds is 6. The van der Waals surface area contributed by atoms with Crippen molar-refractivity contribution in [2.24, 2.45) is 7.05 Å². The smallest absolute Gasteiger partial charge is 0.308 e. The van der Waals surface area contributed by atoms with Crippen molar-refractivity contribution >= 4 is 22.8 Å². The van der Waals surface area contributed by atoms with Crippen LogP contribution in [0.2, 0.25) is 5.28 Å². The van der Waals surface area contributed by atoms with E-state index in [9.17, 15) is 9.59 Å². The molecule has 2 heterocycles. The Labute approximate surface area is 172 Å². The van der Waals surface area contributed by atoms with Crippen LogP contribution < -0.4 is 11.2 Å². The zero-order valence-electron chi connectivity index (χ0n) is 16.1. The van der Waals surface area contributed by atoms with Crippen LogP contribution in [0.4, 0.5) is 0 Å². The highest BCUT2D eigenvalue weighted by Crippen LogP contribution is 2.17. The first-order valence-corrected chi connectivity index (χ1v) is 9.87. The lowest BCUT2D eigenvalue weighted by Gasteiger charge is -2.10. The molecule has 0 amide bonds. The average molecular weight is 409 g/mol. The van der Waals surface area contributed by atoms with Crippen molar-refractivity contribution in [1.82, 2.24) is 18.7 Å². The number of imidazole rings is 1. The monoisotopic (exact) mass is 408 g/mol. The average Bonchev–Trinajstić information content (AvgIpc) is 3.08. The van der Waals surface area contributed by atoms with Crippen LogP contribution in [0.15, 0.2) is 70.3 Å². The quantitative estimate of drug-likeness (QED) is 0.461. The minimum Gasteiger partial charge on any atom is -0.308 e. The van der Waals surface area contributed by atoms with Crippen LogP contribution >= 0.6 is 11.6 Å². The van der Waals surface area contributed by atoms with E-state index in [0.717, 1.165) is 11.1 Å². The van der Waals surface area contributed by atoms with Crippen molar-refractivity contribution in [2.45, 2.75) is 25.9 Å². The molecule has 0 bridgehead atoms. The number of benzene rings is 2. The molecule has 29 heavy (non-hydrogen) atoms. The Hall–Kier alpha value is -3.12. The first kappa shape index (κ1) is 19.2. The van der Waals surface area contributed by atoms with E-state index < -0.39 is 0 Å². The second-order valence-corrected chi connectivity index (χ2v) is 7.31. The molecule has 0 saturated heterocycles. The van der Waals surface area contributed by atoms with Gasteiger partial charge >= 0.3 is 5.69 Å². The van der Waals surface area contributed by atoms with E-state index in [4.69, 9.17) is 11.6 Å². The van der Waals surface area contributed by atoms with Crippen molar-refractivity contribution in [3.05, 3.63) is 97.9 Å². The third kappa shape index (κ3) is 3.76. The first-order chi connectivity index (χ1) is 14.1. The molecule has 0 saturated carbocycles. The van der Waals surface area contributed by atoms with Gasteiger partial charge in [-0.25, -0.2) is 4.79 Å². The maximum atomic E-state index is 13.2. The second-order valence-electron chi connectivity index (χ2n) is 6.97. The Bertz CT molecular complexity index is 1260. The lowest BCUT2D eigenvalue weighted by Crippen LogP contribution is -2.40. The summed E-state index contributed by atoms with van der Waals surface area (Å²) < 4.78 is 4.36. The number of hydrogen-bond acceptors (Lipinski definition) is 3. The second kappa shape index (κ2) is 8.09. The molecule has 0 aliphatic rings. The highest BCUT2D eigenvalue weighted by molar-refractivity contribution is 6.29. The van der Waals surface area contributed by atoms with Crippen LogP contribution in [0.3, 0.4) is 0 Å². The molecular formula is C22H21ClN4O2. The molecule has 2 aromatic carbocycles. The first-order valence-electron chi connectivity index (χ1n) is 9.49. The van der Waals surface area contributed by atoms with Crippen molar-refractivity contribution in [3.63, 3.8) is 0 Å². The molecular weight excluding hydrogens is 388 g/mol. The largest absolute Gasteiger partial charge is 0.332 e. The van der Waals surface area contributed by atoms with Crippen LogP contribution in [-0.2, 0) is 33.0 Å². The fourth-order valence-electron chi connectivity index (χ4n) is 3.52. The van der Waals surface area contributed by atoms with Crippen LogP contribution in [0.5, 0.6) is 0 Å². The molecule has 0 unspecified atom stereocenters. The van der Waals surface area contributed by atoms with E-state index in [-0.39, 0.29) is 16.5 Å². The van der Waals surface area contributed by atoms with E-state index in [1.165, 1.54) is 9.13 Å². The predicted molar refractivity (Wildman–Crippen MR) is 115 cm³/mol. The van der Waals surface area contributed by atoms with Crippen LogP contribution in [0.1, 0.15) is 11.1 Å². The molecule has 0 atom stereocenters. The molecule has 0 radical (unpaired) electrons. The number of fused-ring (bicyclic) bond motifs is 1. The van der Waals surface area contributed by atoms with Crippen molar-refractivity contribution < 1.29 is 0 Å². The van der Waals surface area contributed by atoms with Gasteiger partial charge in [0.1, 0.15) is 0 Å². The van der Waals surface area contributed by atoms with Crippen LogP contribution in [0.25, 0.3) is 11.2 Å². The molecule has 4 aromatic rings. The maximum Gasteiger partial charge on any atom is 0.332 e. The molecule has 0 fully saturated rings. The van der Waals surface area contributed by atoms with Crippen molar-refractivity contribution in [2.75, 3.05) is 0 Å². The summed E-state index contributed by atoms with van der Waals surface area (Å²) in [6.45, 7) is 0.804. The standard InChI is InChI=1S/C22H21ClN4O2/c1-25-19-18(26(21(23)24-19)14-12-16-8-4-2-5-9-16)20(28)27(22(25)29)15-13-17-10-6-3-7-11-17/h2-11H,12-15H2,1H3. The predicted octanol–water partition coefficient (Wildman–Crippen LogP) is 3.04. The fraction of sp³-hybridized carbons (Fsp3) is 0.227. The molecule has 2 aromatic heterocycles. The Balaban J connectivity index is 1.73. The summed E-state index contributed by atoms with van der Waals surface area (Å²) in [6.07, 6.45) is 1.30. The van der Waals surface area contributed by atoms with Crippen molar-refractivity contribution in [1.29, 1.82) is 0 Å². The minimum absolute atomic E-state index is 0.212. The van der Waals surface area contributed by atoms with Gasteiger partial charge in [-0.2, -0.15) is 4.98 Å². The van der Waals surface area contributed by atoms with Gasteiger partial charge in [0.25, 0.3) is 5.56 Å². The van der Waals surface area contributed by atoms with E-state index in [0.29, 0.717) is 37.1 Å². The fourth-order valence-corrected chi connectivity index (χ4v) is 3.77. The molecule has 4 rings (SSSR count). The third-order valence-corrected chi connectivity index (χ3v) is 5.41. The molecule has 0 aliphatic carbocycles. The van der Waals surface area contributed by atoms with Gasteiger partial charge in [0.2, 0.25) is 5.28 Å². The molecule has 0 spiro atoms. The van der Waals surface area contributed by atoms with E-state index in [1.54, 1.807) is 11.6 Å². The van der Waals surface area contributed by atoms with Gasteiger partial charge in [-0.1, -0.05) is 60.7 Å². The Morgan fingerprint density at radius 1 is 0.828 bits per heavy atom. The Kier molecular flexibility index (Phi) is 5.36. The normalized spacial score (nSPS) is 11.2. The number of aromatic nitrogens is 4. The molecule has 7 heteroatoms. The molecule has 0 N–H and O–H groups in total. The van der Waals surface area contributed by atoms with Gasteiger partial charge in [-0.05, 0) is 35.6 Å². The van der Waals surface area contributed by atoms with Gasteiger partial charge in [-0.15, -0.1) is 0 Å². The topological polar surface area (TPSA) is 61.8 Å². The Morgan fingerprint density at radius 2 is 1.34 bits per heavy atom. The summed E-state index contributed by atoms with van der Waals surface area (Å²) in [5, 5.41) is 0.212. The lowest BCUT2D eigenvalue weighted by molar-refractivity contribution is 0.598. The number of hydrogen-bond donors (Lipinski definition) is 0. The molecule has 148 valence electrons. The van der Waals surface area contributed by atoms with Gasteiger partial charge in [0.15, 0.2) is 11.2 Å². The maximum absolute atomic E-state index is 13.2. The van der Waals surface area contributed by atoms with Gasteiger partial charge in [0.05, 0.1) is 0 Å².